The van der Waals surface area contributed by atoms with Gasteiger partial charge in [0, 0.05) is 16.4 Å². The fraction of sp³-hybridized carbons (Fsp3) is 0.368. The van der Waals surface area contributed by atoms with Gasteiger partial charge in [0.1, 0.15) is 12.4 Å². The summed E-state index contributed by atoms with van der Waals surface area (Å²) in [6.45, 7) is 1.76. The van der Waals surface area contributed by atoms with Crippen LogP contribution < -0.4 is 4.74 Å². The van der Waals surface area contributed by atoms with Gasteiger partial charge in [0.05, 0.1) is 17.4 Å². The minimum atomic E-state index is -1.16. The zero-order valence-electron chi connectivity index (χ0n) is 13.6. The largest absolute Gasteiger partial charge is 0.491 e. The zero-order chi connectivity index (χ0) is 16.6. The standard InChI is InChI=1S/C19H22O4S/c20-24(17-6-2-1-3-7-17)18-11-9-16(10-12-18)21-14-15-23-19-8-4-5-13-22-19/h1-3,6-7,9-12,19H,4-5,8,13-15H2/t19-,24-/m1/s1. The van der Waals surface area contributed by atoms with Crippen molar-refractivity contribution in [1.29, 1.82) is 0 Å². The summed E-state index contributed by atoms with van der Waals surface area (Å²) in [4.78, 5) is 1.56. The Balaban J connectivity index is 1.45. The summed E-state index contributed by atoms with van der Waals surface area (Å²) >= 11 is 0. The first-order valence-electron chi connectivity index (χ1n) is 8.26. The summed E-state index contributed by atoms with van der Waals surface area (Å²) in [5, 5.41) is 0. The van der Waals surface area contributed by atoms with Crippen molar-refractivity contribution in [2.45, 2.75) is 35.3 Å². The highest BCUT2D eigenvalue weighted by atomic mass is 32.2. The van der Waals surface area contributed by atoms with Crippen LogP contribution in [-0.4, -0.2) is 30.3 Å². The lowest BCUT2D eigenvalue weighted by atomic mass is 10.2. The van der Waals surface area contributed by atoms with Crippen LogP contribution in [0.5, 0.6) is 5.75 Å². The van der Waals surface area contributed by atoms with Crippen molar-refractivity contribution in [2.24, 2.45) is 0 Å². The van der Waals surface area contributed by atoms with Crippen molar-refractivity contribution in [3.63, 3.8) is 0 Å². The average molecular weight is 346 g/mol. The van der Waals surface area contributed by atoms with Crippen LogP contribution in [0.2, 0.25) is 0 Å². The Morgan fingerprint density at radius 1 is 0.958 bits per heavy atom. The van der Waals surface area contributed by atoms with Gasteiger partial charge < -0.3 is 14.2 Å². The first-order valence-corrected chi connectivity index (χ1v) is 9.41. The van der Waals surface area contributed by atoms with Crippen LogP contribution in [0.15, 0.2) is 64.4 Å². The molecule has 4 nitrogen and oxygen atoms in total. The van der Waals surface area contributed by atoms with Crippen molar-refractivity contribution < 1.29 is 18.4 Å². The van der Waals surface area contributed by atoms with E-state index in [1.807, 2.05) is 54.6 Å². The van der Waals surface area contributed by atoms with E-state index in [0.717, 1.165) is 41.4 Å². The SMILES string of the molecule is O=[S@](c1ccccc1)c1ccc(OCCO[C@@H]2CCCCO2)cc1. The topological polar surface area (TPSA) is 44.8 Å². The monoisotopic (exact) mass is 346 g/mol. The van der Waals surface area contributed by atoms with Gasteiger partial charge >= 0.3 is 0 Å². The fourth-order valence-corrected chi connectivity index (χ4v) is 3.58. The molecular weight excluding hydrogens is 324 g/mol. The Kier molecular flexibility index (Phi) is 6.41. The molecule has 0 radical (unpaired) electrons. The molecule has 0 bridgehead atoms. The van der Waals surface area contributed by atoms with Crippen LogP contribution in [0.1, 0.15) is 19.3 Å². The molecule has 0 unspecified atom stereocenters. The molecule has 2 aromatic rings. The van der Waals surface area contributed by atoms with Gasteiger partial charge in [-0.25, -0.2) is 4.21 Å². The third kappa shape index (κ3) is 4.90. The summed E-state index contributed by atoms with van der Waals surface area (Å²) in [6.07, 6.45) is 3.15. The molecule has 0 N–H and O–H groups in total. The highest BCUT2D eigenvalue weighted by molar-refractivity contribution is 7.85. The van der Waals surface area contributed by atoms with E-state index in [1.165, 1.54) is 0 Å². The molecule has 0 amide bonds. The second kappa shape index (κ2) is 8.97. The molecule has 0 spiro atoms. The van der Waals surface area contributed by atoms with E-state index in [1.54, 1.807) is 0 Å². The molecule has 1 saturated heterocycles. The lowest BCUT2D eigenvalue weighted by molar-refractivity contribution is -0.165. The van der Waals surface area contributed by atoms with E-state index in [0.29, 0.717) is 13.2 Å². The highest BCUT2D eigenvalue weighted by Gasteiger charge is 2.13. The Bertz CT molecular complexity index is 636. The molecule has 2 aromatic carbocycles. The maximum atomic E-state index is 12.4. The Morgan fingerprint density at radius 3 is 2.42 bits per heavy atom. The van der Waals surface area contributed by atoms with Crippen LogP contribution in [0.3, 0.4) is 0 Å². The van der Waals surface area contributed by atoms with Gasteiger partial charge in [0.25, 0.3) is 0 Å². The summed E-state index contributed by atoms with van der Waals surface area (Å²) < 4.78 is 29.2. The molecule has 1 fully saturated rings. The van der Waals surface area contributed by atoms with Crippen molar-refractivity contribution in [1.82, 2.24) is 0 Å². The van der Waals surface area contributed by atoms with E-state index in [4.69, 9.17) is 14.2 Å². The van der Waals surface area contributed by atoms with Crippen LogP contribution in [-0.2, 0) is 20.3 Å². The Morgan fingerprint density at radius 2 is 1.71 bits per heavy atom. The maximum absolute atomic E-state index is 12.4. The summed E-state index contributed by atoms with van der Waals surface area (Å²) in [7, 11) is -1.16. The van der Waals surface area contributed by atoms with Crippen molar-refractivity contribution in [2.75, 3.05) is 19.8 Å². The number of hydrogen-bond donors (Lipinski definition) is 0. The van der Waals surface area contributed by atoms with Gasteiger partial charge in [-0.05, 0) is 55.7 Å². The third-order valence-electron chi connectivity index (χ3n) is 3.79. The van der Waals surface area contributed by atoms with E-state index in [2.05, 4.69) is 0 Å². The fourth-order valence-electron chi connectivity index (χ4n) is 2.52. The van der Waals surface area contributed by atoms with Gasteiger partial charge in [-0.2, -0.15) is 0 Å². The molecule has 1 aliphatic heterocycles. The molecule has 0 aliphatic carbocycles. The lowest BCUT2D eigenvalue weighted by Gasteiger charge is -2.22. The van der Waals surface area contributed by atoms with Gasteiger partial charge in [-0.1, -0.05) is 18.2 Å². The molecule has 1 heterocycles. The van der Waals surface area contributed by atoms with Crippen molar-refractivity contribution >= 4 is 10.8 Å². The van der Waals surface area contributed by atoms with Crippen LogP contribution in [0.25, 0.3) is 0 Å². The van der Waals surface area contributed by atoms with Crippen LogP contribution in [0, 0.1) is 0 Å². The third-order valence-corrected chi connectivity index (χ3v) is 5.19. The average Bonchev–Trinajstić information content (AvgIpc) is 2.67. The van der Waals surface area contributed by atoms with E-state index in [-0.39, 0.29) is 6.29 Å². The second-order valence-electron chi connectivity index (χ2n) is 5.57. The maximum Gasteiger partial charge on any atom is 0.157 e. The molecule has 0 aromatic heterocycles. The number of hydrogen-bond acceptors (Lipinski definition) is 4. The molecule has 24 heavy (non-hydrogen) atoms. The van der Waals surface area contributed by atoms with Gasteiger partial charge in [-0.3, -0.25) is 0 Å². The number of ether oxygens (including phenoxy) is 3. The Hall–Kier alpha value is -1.69. The van der Waals surface area contributed by atoms with Crippen LogP contribution >= 0.6 is 0 Å². The minimum Gasteiger partial charge on any atom is -0.491 e. The molecule has 5 heteroatoms. The molecule has 3 rings (SSSR count). The predicted octanol–water partition coefficient (Wildman–Crippen LogP) is 3.78. The molecular formula is C19H22O4S. The second-order valence-corrected chi connectivity index (χ2v) is 7.05. The van der Waals surface area contributed by atoms with Gasteiger partial charge in [-0.15, -0.1) is 0 Å². The molecule has 1 aliphatic rings. The summed E-state index contributed by atoms with van der Waals surface area (Å²) in [5.74, 6) is 0.747. The van der Waals surface area contributed by atoms with E-state index >= 15 is 0 Å². The lowest BCUT2D eigenvalue weighted by Crippen LogP contribution is -2.24. The summed E-state index contributed by atoms with van der Waals surface area (Å²) in [6, 6.07) is 16.8. The van der Waals surface area contributed by atoms with E-state index < -0.39 is 10.8 Å². The van der Waals surface area contributed by atoms with E-state index in [9.17, 15) is 4.21 Å². The first-order chi connectivity index (χ1) is 11.8. The molecule has 2 atom stereocenters. The number of benzene rings is 2. The zero-order valence-corrected chi connectivity index (χ0v) is 14.4. The predicted molar refractivity (Wildman–Crippen MR) is 92.6 cm³/mol. The summed E-state index contributed by atoms with van der Waals surface area (Å²) in [5.41, 5.74) is 0. The normalized spacial score (nSPS) is 18.9. The molecule has 128 valence electrons. The first kappa shape index (κ1) is 17.1. The van der Waals surface area contributed by atoms with Crippen molar-refractivity contribution in [3.05, 3.63) is 54.6 Å². The van der Waals surface area contributed by atoms with Crippen molar-refractivity contribution in [3.8, 4) is 5.75 Å². The quantitative estimate of drug-likeness (QED) is 0.716. The minimum absolute atomic E-state index is 0.0852. The smallest absolute Gasteiger partial charge is 0.157 e. The van der Waals surface area contributed by atoms with Gasteiger partial charge in [0.2, 0.25) is 0 Å². The highest BCUT2D eigenvalue weighted by Crippen LogP contribution is 2.19. The van der Waals surface area contributed by atoms with Gasteiger partial charge in [0.15, 0.2) is 6.29 Å². The Labute approximate surface area is 145 Å². The van der Waals surface area contributed by atoms with Crippen LogP contribution in [0.4, 0.5) is 0 Å². The molecule has 0 saturated carbocycles. The number of rotatable bonds is 7.